The second-order valence-electron chi connectivity index (χ2n) is 3.74. The summed E-state index contributed by atoms with van der Waals surface area (Å²) in [5.74, 6) is -2.17. The van der Waals surface area contributed by atoms with Gasteiger partial charge in [0.2, 0.25) is 6.17 Å². The third-order valence-electron chi connectivity index (χ3n) is 2.86. The molecule has 0 radical (unpaired) electrons. The summed E-state index contributed by atoms with van der Waals surface area (Å²) in [7, 11) is 0. The van der Waals surface area contributed by atoms with Gasteiger partial charge in [0.15, 0.2) is 0 Å². The Hall–Kier alpha value is -1.58. The van der Waals surface area contributed by atoms with Crippen molar-refractivity contribution in [2.45, 2.75) is 24.9 Å². The van der Waals surface area contributed by atoms with Crippen molar-refractivity contribution < 1.29 is 19.4 Å². The topological polar surface area (TPSA) is 57.5 Å². The lowest BCUT2D eigenvalue weighted by molar-refractivity contribution is -0.143. The average molecular weight is 210 g/mol. The summed E-state index contributed by atoms with van der Waals surface area (Å²) in [6.45, 7) is 0. The number of carboxylic acid groups (broad SMARTS) is 1. The van der Waals surface area contributed by atoms with Crippen molar-refractivity contribution in [2.75, 3.05) is 0 Å². The molecule has 4 heteroatoms. The lowest BCUT2D eigenvalue weighted by Gasteiger charge is -2.14. The van der Waals surface area contributed by atoms with Gasteiger partial charge in [0.1, 0.15) is 5.75 Å². The van der Waals surface area contributed by atoms with E-state index in [1.165, 1.54) is 6.07 Å². The quantitative estimate of drug-likeness (QED) is 0.783. The molecule has 2 rings (SSSR count). The summed E-state index contributed by atoms with van der Waals surface area (Å²) in [5.41, 5.74) is 1.32. The molecule has 0 spiro atoms. The Morgan fingerprint density at radius 1 is 1.53 bits per heavy atom. The van der Waals surface area contributed by atoms with Gasteiger partial charge in [0.05, 0.1) is 0 Å². The molecule has 0 bridgehead atoms. The SMILES string of the molecule is O=C(O)C(F)C1CCc2cccc(O)c21. The van der Waals surface area contributed by atoms with Gasteiger partial charge in [-0.15, -0.1) is 0 Å². The molecule has 1 aliphatic rings. The van der Waals surface area contributed by atoms with Crippen LogP contribution < -0.4 is 0 Å². The Labute approximate surface area is 86.2 Å². The number of benzene rings is 1. The van der Waals surface area contributed by atoms with Crippen molar-refractivity contribution >= 4 is 5.97 Å². The van der Waals surface area contributed by atoms with E-state index in [0.29, 0.717) is 18.4 Å². The number of aryl methyl sites for hydroxylation is 1. The molecular weight excluding hydrogens is 199 g/mol. The minimum atomic E-state index is -1.93. The minimum Gasteiger partial charge on any atom is -0.508 e. The predicted octanol–water partition coefficient (Wildman–Crippen LogP) is 1.84. The van der Waals surface area contributed by atoms with E-state index in [1.54, 1.807) is 12.1 Å². The maximum atomic E-state index is 13.4. The summed E-state index contributed by atoms with van der Waals surface area (Å²) in [6.07, 6.45) is -0.859. The maximum absolute atomic E-state index is 13.4. The van der Waals surface area contributed by atoms with Gasteiger partial charge in [0, 0.05) is 11.5 Å². The van der Waals surface area contributed by atoms with Crippen molar-refractivity contribution in [2.24, 2.45) is 0 Å². The highest BCUT2D eigenvalue weighted by Gasteiger charge is 2.36. The van der Waals surface area contributed by atoms with E-state index in [2.05, 4.69) is 0 Å². The zero-order valence-electron chi connectivity index (χ0n) is 7.98. The number of hydrogen-bond acceptors (Lipinski definition) is 2. The molecular formula is C11H11FO3. The van der Waals surface area contributed by atoms with Gasteiger partial charge in [-0.05, 0) is 24.5 Å². The van der Waals surface area contributed by atoms with Crippen LogP contribution in [0.15, 0.2) is 18.2 Å². The molecule has 0 saturated carbocycles. The average Bonchev–Trinajstić information content (AvgIpc) is 2.61. The second-order valence-corrected chi connectivity index (χ2v) is 3.74. The number of hydrogen-bond donors (Lipinski definition) is 2. The molecule has 1 aromatic carbocycles. The first-order chi connectivity index (χ1) is 7.11. The normalized spacial score (nSPS) is 21.0. The van der Waals surface area contributed by atoms with Gasteiger partial charge < -0.3 is 10.2 Å². The largest absolute Gasteiger partial charge is 0.508 e. The summed E-state index contributed by atoms with van der Waals surface area (Å²) < 4.78 is 13.4. The molecule has 1 aromatic rings. The number of carbonyl (C=O) groups is 1. The van der Waals surface area contributed by atoms with Crippen molar-refractivity contribution in [1.29, 1.82) is 0 Å². The van der Waals surface area contributed by atoms with Crippen molar-refractivity contribution in [3.63, 3.8) is 0 Å². The van der Waals surface area contributed by atoms with E-state index in [1.807, 2.05) is 0 Å². The number of alkyl halides is 1. The fraction of sp³-hybridized carbons (Fsp3) is 0.364. The Bertz CT molecular complexity index is 403. The molecule has 15 heavy (non-hydrogen) atoms. The number of rotatable bonds is 2. The van der Waals surface area contributed by atoms with Crippen molar-refractivity contribution in [3.8, 4) is 5.75 Å². The van der Waals surface area contributed by atoms with Gasteiger partial charge in [-0.1, -0.05) is 12.1 Å². The van der Waals surface area contributed by atoms with Crippen molar-refractivity contribution in [1.82, 2.24) is 0 Å². The zero-order valence-corrected chi connectivity index (χ0v) is 7.98. The van der Waals surface area contributed by atoms with E-state index < -0.39 is 18.1 Å². The van der Waals surface area contributed by atoms with Gasteiger partial charge in [-0.2, -0.15) is 0 Å². The minimum absolute atomic E-state index is 0.00102. The number of aromatic hydroxyl groups is 1. The number of phenolic OH excluding ortho intramolecular Hbond substituents is 1. The van der Waals surface area contributed by atoms with E-state index in [0.717, 1.165) is 5.56 Å². The molecule has 0 heterocycles. The number of halogens is 1. The van der Waals surface area contributed by atoms with Crippen LogP contribution in [-0.2, 0) is 11.2 Å². The first-order valence-corrected chi connectivity index (χ1v) is 4.79. The van der Waals surface area contributed by atoms with Crippen LogP contribution in [0.25, 0.3) is 0 Å². The van der Waals surface area contributed by atoms with Crippen molar-refractivity contribution in [3.05, 3.63) is 29.3 Å². The highest BCUT2D eigenvalue weighted by atomic mass is 19.1. The predicted molar refractivity (Wildman–Crippen MR) is 51.7 cm³/mol. The van der Waals surface area contributed by atoms with Crippen LogP contribution >= 0.6 is 0 Å². The molecule has 2 atom stereocenters. The van der Waals surface area contributed by atoms with Crippen LogP contribution in [0.5, 0.6) is 5.75 Å². The fourth-order valence-corrected chi connectivity index (χ4v) is 2.17. The standard InChI is InChI=1S/C11H11FO3/c12-10(11(14)15)7-5-4-6-2-1-3-8(13)9(6)7/h1-3,7,10,13H,4-5H2,(H,14,15). The monoisotopic (exact) mass is 210 g/mol. The first kappa shape index (κ1) is 9.96. The molecule has 0 amide bonds. The highest BCUT2D eigenvalue weighted by Crippen LogP contribution is 2.41. The lowest BCUT2D eigenvalue weighted by Crippen LogP contribution is -2.21. The Kier molecular flexibility index (Phi) is 2.34. The van der Waals surface area contributed by atoms with Gasteiger partial charge in [-0.3, -0.25) is 0 Å². The Morgan fingerprint density at radius 2 is 2.27 bits per heavy atom. The third-order valence-corrected chi connectivity index (χ3v) is 2.86. The summed E-state index contributed by atoms with van der Waals surface area (Å²) >= 11 is 0. The number of fused-ring (bicyclic) bond motifs is 1. The van der Waals surface area contributed by atoms with E-state index in [9.17, 15) is 14.3 Å². The van der Waals surface area contributed by atoms with E-state index in [-0.39, 0.29) is 5.75 Å². The lowest BCUT2D eigenvalue weighted by atomic mass is 9.95. The van der Waals surface area contributed by atoms with Crippen LogP contribution in [0.3, 0.4) is 0 Å². The van der Waals surface area contributed by atoms with E-state index in [4.69, 9.17) is 5.11 Å². The fourth-order valence-electron chi connectivity index (χ4n) is 2.17. The van der Waals surface area contributed by atoms with Crippen LogP contribution in [0.1, 0.15) is 23.5 Å². The maximum Gasteiger partial charge on any atom is 0.338 e. The van der Waals surface area contributed by atoms with E-state index >= 15 is 0 Å². The summed E-state index contributed by atoms with van der Waals surface area (Å²) in [4.78, 5) is 10.6. The number of carboxylic acids is 1. The summed E-state index contributed by atoms with van der Waals surface area (Å²) in [6, 6.07) is 4.94. The number of aliphatic carboxylic acids is 1. The zero-order chi connectivity index (χ0) is 11.0. The number of phenols is 1. The van der Waals surface area contributed by atoms with Crippen LogP contribution in [-0.4, -0.2) is 22.4 Å². The van der Waals surface area contributed by atoms with Gasteiger partial charge >= 0.3 is 5.97 Å². The molecule has 0 aliphatic heterocycles. The van der Waals surface area contributed by atoms with Crippen LogP contribution in [0.2, 0.25) is 0 Å². The molecule has 80 valence electrons. The molecule has 0 saturated heterocycles. The second kappa shape index (κ2) is 3.53. The smallest absolute Gasteiger partial charge is 0.338 e. The van der Waals surface area contributed by atoms with Crippen LogP contribution in [0.4, 0.5) is 4.39 Å². The molecule has 0 aromatic heterocycles. The molecule has 0 fully saturated rings. The Morgan fingerprint density at radius 3 is 2.93 bits per heavy atom. The van der Waals surface area contributed by atoms with Gasteiger partial charge in [-0.25, -0.2) is 9.18 Å². The summed E-state index contributed by atoms with van der Waals surface area (Å²) in [5, 5.41) is 18.2. The molecule has 3 nitrogen and oxygen atoms in total. The van der Waals surface area contributed by atoms with Gasteiger partial charge in [0.25, 0.3) is 0 Å². The van der Waals surface area contributed by atoms with Crippen LogP contribution in [0, 0.1) is 0 Å². The molecule has 2 N–H and O–H groups in total. The molecule has 1 aliphatic carbocycles. The highest BCUT2D eigenvalue weighted by molar-refractivity contribution is 5.74. The Balaban J connectivity index is 2.39. The first-order valence-electron chi connectivity index (χ1n) is 4.79. The molecule has 2 unspecified atom stereocenters. The third kappa shape index (κ3) is 1.56.